The molecule has 0 amide bonds. The van der Waals surface area contributed by atoms with Crippen LogP contribution in [0.2, 0.25) is 0 Å². The molecule has 0 unspecified atom stereocenters. The predicted molar refractivity (Wildman–Crippen MR) is 103 cm³/mol. The summed E-state index contributed by atoms with van der Waals surface area (Å²) >= 11 is 0. The Bertz CT molecular complexity index is 686. The van der Waals surface area contributed by atoms with Gasteiger partial charge in [0.05, 0.1) is 25.9 Å². The van der Waals surface area contributed by atoms with E-state index in [-0.39, 0.29) is 6.10 Å². The van der Waals surface area contributed by atoms with Crippen molar-refractivity contribution in [2.24, 2.45) is 0 Å². The highest BCUT2D eigenvalue weighted by molar-refractivity contribution is 5.31. The highest BCUT2D eigenvalue weighted by Crippen LogP contribution is 2.32. The lowest BCUT2D eigenvalue weighted by Crippen LogP contribution is -2.32. The molecule has 140 valence electrons. The summed E-state index contributed by atoms with van der Waals surface area (Å²) in [4.78, 5) is 2.12. The zero-order valence-corrected chi connectivity index (χ0v) is 15.7. The molecule has 0 heterocycles. The van der Waals surface area contributed by atoms with Crippen molar-refractivity contribution in [2.75, 3.05) is 27.3 Å². The second kappa shape index (κ2) is 9.17. The molecule has 1 aliphatic rings. The highest BCUT2D eigenvalue weighted by atomic mass is 16.5. The molecule has 3 rings (SSSR count). The molecule has 0 saturated carbocycles. The molecule has 0 aliphatic heterocycles. The Morgan fingerprint density at radius 2 is 1.92 bits per heavy atom. The fraction of sp³-hybridized carbons (Fsp3) is 0.455. The van der Waals surface area contributed by atoms with Crippen molar-refractivity contribution in [1.82, 2.24) is 4.90 Å². The van der Waals surface area contributed by atoms with Gasteiger partial charge in [-0.1, -0.05) is 36.4 Å². The van der Waals surface area contributed by atoms with Crippen LogP contribution in [-0.2, 0) is 17.7 Å². The molecular weight excluding hydrogens is 326 g/mol. The minimum atomic E-state index is -0.493. The molecule has 2 aromatic rings. The van der Waals surface area contributed by atoms with Crippen LogP contribution in [0.15, 0.2) is 48.5 Å². The molecule has 4 heteroatoms. The van der Waals surface area contributed by atoms with E-state index in [1.807, 2.05) is 19.2 Å². The lowest BCUT2D eigenvalue weighted by Gasteiger charge is -2.27. The molecule has 0 spiro atoms. The van der Waals surface area contributed by atoms with Gasteiger partial charge in [0.15, 0.2) is 0 Å². The van der Waals surface area contributed by atoms with Crippen molar-refractivity contribution >= 4 is 0 Å². The smallest absolute Gasteiger partial charge is 0.118 e. The van der Waals surface area contributed by atoms with Crippen LogP contribution in [0.5, 0.6) is 5.75 Å². The maximum absolute atomic E-state index is 10.4. The Labute approximate surface area is 156 Å². The highest BCUT2D eigenvalue weighted by Gasteiger charge is 2.21. The first-order chi connectivity index (χ1) is 12.7. The van der Waals surface area contributed by atoms with Crippen LogP contribution in [0.4, 0.5) is 0 Å². The summed E-state index contributed by atoms with van der Waals surface area (Å²) in [5.74, 6) is 0.859. The van der Waals surface area contributed by atoms with Crippen LogP contribution < -0.4 is 4.74 Å². The zero-order valence-electron chi connectivity index (χ0n) is 15.7. The number of hydrogen-bond acceptors (Lipinski definition) is 4. The van der Waals surface area contributed by atoms with Crippen LogP contribution in [-0.4, -0.2) is 43.4 Å². The monoisotopic (exact) mass is 355 g/mol. The summed E-state index contributed by atoms with van der Waals surface area (Å²) in [5.41, 5.74) is 3.87. The lowest BCUT2D eigenvalue weighted by atomic mass is 9.89. The van der Waals surface area contributed by atoms with E-state index in [9.17, 15) is 5.11 Å². The second-order valence-electron chi connectivity index (χ2n) is 7.11. The van der Waals surface area contributed by atoms with Gasteiger partial charge in [0.1, 0.15) is 5.75 Å². The second-order valence-corrected chi connectivity index (χ2v) is 7.11. The van der Waals surface area contributed by atoms with Crippen molar-refractivity contribution in [3.63, 3.8) is 0 Å². The van der Waals surface area contributed by atoms with Gasteiger partial charge >= 0.3 is 0 Å². The van der Waals surface area contributed by atoms with Gasteiger partial charge in [0.25, 0.3) is 0 Å². The first kappa shape index (κ1) is 18.9. The van der Waals surface area contributed by atoms with Crippen LogP contribution in [0, 0.1) is 0 Å². The summed E-state index contributed by atoms with van der Waals surface area (Å²) in [7, 11) is 3.69. The number of benzene rings is 2. The van der Waals surface area contributed by atoms with Gasteiger partial charge in [-0.05, 0) is 55.1 Å². The largest absolute Gasteiger partial charge is 0.497 e. The molecule has 26 heavy (non-hydrogen) atoms. The first-order valence-corrected chi connectivity index (χ1v) is 9.34. The van der Waals surface area contributed by atoms with E-state index in [0.29, 0.717) is 13.2 Å². The van der Waals surface area contributed by atoms with Crippen molar-refractivity contribution in [3.8, 4) is 5.75 Å². The molecule has 0 saturated heterocycles. The van der Waals surface area contributed by atoms with Crippen molar-refractivity contribution in [1.29, 1.82) is 0 Å². The van der Waals surface area contributed by atoms with Gasteiger partial charge in [-0.15, -0.1) is 0 Å². The Kier molecular flexibility index (Phi) is 6.67. The van der Waals surface area contributed by atoms with E-state index < -0.39 is 6.10 Å². The average Bonchev–Trinajstić information content (AvgIpc) is 2.67. The summed E-state index contributed by atoms with van der Waals surface area (Å²) in [6, 6.07) is 16.5. The standard InChI is InChI=1S/C22H29NO3/c1-23(14-17-10-12-20(25-2)13-11-17)15-19(24)16-26-22-9-5-7-18-6-3-4-8-21(18)22/h3-4,6,8,10-13,19,22,24H,5,7,9,14-16H2,1-2H3/t19-,22-/m0/s1. The molecule has 4 nitrogen and oxygen atoms in total. The van der Waals surface area contributed by atoms with Gasteiger partial charge in [0.2, 0.25) is 0 Å². The number of ether oxygens (including phenoxy) is 2. The normalized spacial score (nSPS) is 17.8. The van der Waals surface area contributed by atoms with Gasteiger partial charge in [0, 0.05) is 13.1 Å². The summed E-state index contributed by atoms with van der Waals surface area (Å²) in [5, 5.41) is 10.4. The summed E-state index contributed by atoms with van der Waals surface area (Å²) < 4.78 is 11.2. The number of rotatable bonds is 8. The molecule has 2 atom stereocenters. The molecular formula is C22H29NO3. The first-order valence-electron chi connectivity index (χ1n) is 9.34. The average molecular weight is 355 g/mol. The Hall–Kier alpha value is -1.88. The third-order valence-electron chi connectivity index (χ3n) is 4.94. The molecule has 0 aromatic heterocycles. The van der Waals surface area contributed by atoms with E-state index in [1.54, 1.807) is 7.11 Å². The maximum Gasteiger partial charge on any atom is 0.118 e. The van der Waals surface area contributed by atoms with Crippen LogP contribution in [0.3, 0.4) is 0 Å². The lowest BCUT2D eigenvalue weighted by molar-refractivity contribution is -0.0265. The van der Waals surface area contributed by atoms with Gasteiger partial charge in [-0.3, -0.25) is 4.90 Å². The molecule has 0 fully saturated rings. The number of aliphatic hydroxyl groups is 1. The number of methoxy groups -OCH3 is 1. The fourth-order valence-electron chi connectivity index (χ4n) is 3.63. The van der Waals surface area contributed by atoms with Crippen LogP contribution in [0.1, 0.15) is 35.6 Å². The van der Waals surface area contributed by atoms with E-state index in [1.165, 1.54) is 16.7 Å². The molecule has 1 N–H and O–H groups in total. The predicted octanol–water partition coefficient (Wildman–Crippen LogP) is 3.58. The number of aliphatic hydroxyl groups excluding tert-OH is 1. The van der Waals surface area contributed by atoms with Gasteiger partial charge in [-0.2, -0.15) is 0 Å². The van der Waals surface area contributed by atoms with Crippen LogP contribution in [0.25, 0.3) is 0 Å². The van der Waals surface area contributed by atoms with E-state index in [4.69, 9.17) is 9.47 Å². The van der Waals surface area contributed by atoms with Crippen molar-refractivity contribution in [2.45, 2.75) is 38.0 Å². The maximum atomic E-state index is 10.4. The minimum Gasteiger partial charge on any atom is -0.497 e. The van der Waals surface area contributed by atoms with Crippen molar-refractivity contribution in [3.05, 3.63) is 65.2 Å². The molecule has 0 bridgehead atoms. The summed E-state index contributed by atoms with van der Waals surface area (Å²) in [6.45, 7) is 1.74. The molecule has 2 aromatic carbocycles. The third-order valence-corrected chi connectivity index (χ3v) is 4.94. The van der Waals surface area contributed by atoms with E-state index in [0.717, 1.165) is 31.6 Å². The molecule has 0 radical (unpaired) electrons. The van der Waals surface area contributed by atoms with Crippen LogP contribution >= 0.6 is 0 Å². The van der Waals surface area contributed by atoms with Crippen molar-refractivity contribution < 1.29 is 14.6 Å². The summed E-state index contributed by atoms with van der Waals surface area (Å²) in [6.07, 6.45) is 2.93. The number of fused-ring (bicyclic) bond motifs is 1. The van der Waals surface area contributed by atoms with Gasteiger partial charge in [-0.25, -0.2) is 0 Å². The fourth-order valence-corrected chi connectivity index (χ4v) is 3.63. The topological polar surface area (TPSA) is 41.9 Å². The number of nitrogens with zero attached hydrogens (tertiary/aromatic N) is 1. The SMILES string of the molecule is COc1ccc(CN(C)C[C@H](O)CO[C@H]2CCCc3ccccc32)cc1. The van der Waals surface area contributed by atoms with E-state index >= 15 is 0 Å². The Balaban J connectivity index is 1.46. The zero-order chi connectivity index (χ0) is 18.4. The van der Waals surface area contributed by atoms with E-state index in [2.05, 4.69) is 41.3 Å². The van der Waals surface area contributed by atoms with Gasteiger partial charge < -0.3 is 14.6 Å². The number of likely N-dealkylation sites (N-methyl/N-ethyl adjacent to an activating group) is 1. The third kappa shape index (κ3) is 5.07. The minimum absolute atomic E-state index is 0.112. The number of hydrogen-bond donors (Lipinski definition) is 1. The quantitative estimate of drug-likeness (QED) is 0.786. The number of aryl methyl sites for hydroxylation is 1. The Morgan fingerprint density at radius 3 is 2.69 bits per heavy atom. The molecule has 1 aliphatic carbocycles. The Morgan fingerprint density at radius 1 is 1.15 bits per heavy atom.